The molecular weight excluding hydrogens is 377 g/mol. The normalized spacial score (nSPS) is 12.8. The summed E-state index contributed by atoms with van der Waals surface area (Å²) in [7, 11) is 0.594. The van der Waals surface area contributed by atoms with E-state index in [-0.39, 0.29) is 12.3 Å². The zero-order chi connectivity index (χ0) is 20.2. The fraction of sp³-hybridized carbons (Fsp3) is 0.294. The standard InChI is InChI=1S/C17H20FN3O5S/c1-20(2)16(12-5-4-6-13(18)9-12)11-19-27(24,25)17-8-7-14(26-3)10-15(17)21(22)23/h4-10,16,19H,11H2,1-3H3. The van der Waals surface area contributed by atoms with Crippen LogP contribution in [0.5, 0.6) is 5.75 Å². The minimum Gasteiger partial charge on any atom is -0.497 e. The number of nitro benzene ring substituents is 1. The van der Waals surface area contributed by atoms with Gasteiger partial charge in [-0.2, -0.15) is 0 Å². The van der Waals surface area contributed by atoms with Crippen LogP contribution in [0, 0.1) is 15.9 Å². The average Bonchev–Trinajstić information content (AvgIpc) is 2.61. The zero-order valence-electron chi connectivity index (χ0n) is 15.0. The number of hydrogen-bond acceptors (Lipinski definition) is 6. The number of rotatable bonds is 8. The van der Waals surface area contributed by atoms with Crippen LogP contribution in [0.1, 0.15) is 11.6 Å². The van der Waals surface area contributed by atoms with Crippen LogP contribution in [0.2, 0.25) is 0 Å². The molecule has 0 bridgehead atoms. The van der Waals surface area contributed by atoms with E-state index < -0.39 is 37.4 Å². The van der Waals surface area contributed by atoms with Gasteiger partial charge in [0.05, 0.1) is 18.1 Å². The van der Waals surface area contributed by atoms with Crippen LogP contribution in [0.15, 0.2) is 47.4 Å². The first-order chi connectivity index (χ1) is 12.7. The summed E-state index contributed by atoms with van der Waals surface area (Å²) < 4.78 is 46.0. The molecular formula is C17H20FN3O5S. The molecule has 0 heterocycles. The number of methoxy groups -OCH3 is 1. The van der Waals surface area contributed by atoms with Gasteiger partial charge in [0.15, 0.2) is 4.90 Å². The Hall–Kier alpha value is -2.56. The second-order valence-electron chi connectivity index (χ2n) is 5.98. The van der Waals surface area contributed by atoms with Crippen molar-refractivity contribution >= 4 is 15.7 Å². The summed E-state index contributed by atoms with van der Waals surface area (Å²) in [6.45, 7) is -0.0953. The topological polar surface area (TPSA) is 102 Å². The van der Waals surface area contributed by atoms with Gasteiger partial charge < -0.3 is 9.64 Å². The van der Waals surface area contributed by atoms with E-state index in [0.29, 0.717) is 5.56 Å². The van der Waals surface area contributed by atoms with E-state index in [0.717, 1.165) is 12.1 Å². The Morgan fingerprint density at radius 1 is 1.26 bits per heavy atom. The first kappa shape index (κ1) is 20.7. The van der Waals surface area contributed by atoms with Gasteiger partial charge in [-0.3, -0.25) is 10.1 Å². The number of halogens is 1. The van der Waals surface area contributed by atoms with E-state index in [1.165, 1.54) is 31.4 Å². The van der Waals surface area contributed by atoms with Gasteiger partial charge >= 0.3 is 0 Å². The van der Waals surface area contributed by atoms with Gasteiger partial charge in [-0.1, -0.05) is 12.1 Å². The lowest BCUT2D eigenvalue weighted by atomic mass is 10.1. The molecule has 1 atom stereocenters. The third-order valence-corrected chi connectivity index (χ3v) is 5.45. The van der Waals surface area contributed by atoms with Crippen LogP contribution in [-0.2, 0) is 10.0 Å². The number of ether oxygens (including phenoxy) is 1. The molecule has 2 aromatic rings. The lowest BCUT2D eigenvalue weighted by Crippen LogP contribution is -2.34. The fourth-order valence-corrected chi connectivity index (χ4v) is 3.76. The number of likely N-dealkylation sites (N-methyl/N-ethyl adjacent to an activating group) is 1. The second-order valence-corrected chi connectivity index (χ2v) is 7.71. The van der Waals surface area contributed by atoms with Crippen LogP contribution in [0.4, 0.5) is 10.1 Å². The summed E-state index contributed by atoms with van der Waals surface area (Å²) in [5.74, 6) is -0.264. The van der Waals surface area contributed by atoms with Gasteiger partial charge in [0, 0.05) is 12.6 Å². The number of nitro groups is 1. The molecule has 0 aliphatic rings. The molecule has 0 aliphatic carbocycles. The monoisotopic (exact) mass is 397 g/mol. The van der Waals surface area contributed by atoms with Crippen molar-refractivity contribution < 1.29 is 22.5 Å². The molecule has 1 N–H and O–H groups in total. The predicted molar refractivity (Wildman–Crippen MR) is 97.7 cm³/mol. The molecule has 1 unspecified atom stereocenters. The van der Waals surface area contributed by atoms with Gasteiger partial charge in [-0.15, -0.1) is 0 Å². The van der Waals surface area contributed by atoms with E-state index in [1.54, 1.807) is 25.1 Å². The van der Waals surface area contributed by atoms with Crippen molar-refractivity contribution in [2.24, 2.45) is 0 Å². The van der Waals surface area contributed by atoms with Gasteiger partial charge in [0.25, 0.3) is 5.69 Å². The number of nitrogens with zero attached hydrogens (tertiary/aromatic N) is 2. The molecule has 0 aliphatic heterocycles. The van der Waals surface area contributed by atoms with Crippen molar-refractivity contribution in [2.45, 2.75) is 10.9 Å². The van der Waals surface area contributed by atoms with Crippen LogP contribution in [-0.4, -0.2) is 46.0 Å². The summed E-state index contributed by atoms with van der Waals surface area (Å²) in [5, 5.41) is 11.2. The maximum absolute atomic E-state index is 13.5. The van der Waals surface area contributed by atoms with Gasteiger partial charge in [-0.25, -0.2) is 17.5 Å². The first-order valence-electron chi connectivity index (χ1n) is 7.89. The number of benzene rings is 2. The van der Waals surface area contributed by atoms with E-state index in [2.05, 4.69) is 4.72 Å². The number of nitrogens with one attached hydrogen (secondary N) is 1. The molecule has 2 aromatic carbocycles. The first-order valence-corrected chi connectivity index (χ1v) is 9.38. The average molecular weight is 397 g/mol. The summed E-state index contributed by atoms with van der Waals surface area (Å²) in [6.07, 6.45) is 0. The van der Waals surface area contributed by atoms with Crippen molar-refractivity contribution in [3.05, 3.63) is 64.0 Å². The number of hydrogen-bond donors (Lipinski definition) is 1. The number of sulfonamides is 1. The SMILES string of the molecule is COc1ccc(S(=O)(=O)NCC(c2cccc(F)c2)N(C)C)c([N+](=O)[O-])c1. The third-order valence-electron chi connectivity index (χ3n) is 3.98. The molecule has 0 spiro atoms. The zero-order valence-corrected chi connectivity index (χ0v) is 15.9. The molecule has 0 saturated heterocycles. The van der Waals surface area contributed by atoms with Gasteiger partial charge in [-0.05, 0) is 43.9 Å². The van der Waals surface area contributed by atoms with Crippen molar-refractivity contribution in [1.82, 2.24) is 9.62 Å². The Labute approximate surface area is 156 Å². The highest BCUT2D eigenvalue weighted by atomic mass is 32.2. The molecule has 2 rings (SSSR count). The highest BCUT2D eigenvalue weighted by Gasteiger charge is 2.28. The highest BCUT2D eigenvalue weighted by Crippen LogP contribution is 2.28. The van der Waals surface area contributed by atoms with Crippen LogP contribution >= 0.6 is 0 Å². The lowest BCUT2D eigenvalue weighted by molar-refractivity contribution is -0.387. The maximum atomic E-state index is 13.5. The molecule has 0 radical (unpaired) electrons. The Bertz CT molecular complexity index is 934. The van der Waals surface area contributed by atoms with E-state index in [4.69, 9.17) is 4.74 Å². The summed E-state index contributed by atoms with van der Waals surface area (Å²) in [6, 6.07) is 8.85. The minimum atomic E-state index is -4.18. The maximum Gasteiger partial charge on any atom is 0.293 e. The molecule has 0 saturated carbocycles. The smallest absolute Gasteiger partial charge is 0.293 e. The summed E-state index contributed by atoms with van der Waals surface area (Å²) in [4.78, 5) is 11.7. The van der Waals surface area contributed by atoms with Crippen molar-refractivity contribution in [1.29, 1.82) is 0 Å². The fourth-order valence-electron chi connectivity index (χ4n) is 2.57. The van der Waals surface area contributed by atoms with Crippen LogP contribution < -0.4 is 9.46 Å². The Kier molecular flexibility index (Phi) is 6.47. The van der Waals surface area contributed by atoms with E-state index in [1.807, 2.05) is 0 Å². The van der Waals surface area contributed by atoms with Gasteiger partial charge in [0.1, 0.15) is 11.6 Å². The molecule has 8 nitrogen and oxygen atoms in total. The molecule has 146 valence electrons. The largest absolute Gasteiger partial charge is 0.497 e. The predicted octanol–water partition coefficient (Wildman–Crippen LogP) is 2.32. The second kappa shape index (κ2) is 8.42. The Morgan fingerprint density at radius 3 is 2.52 bits per heavy atom. The lowest BCUT2D eigenvalue weighted by Gasteiger charge is -2.25. The minimum absolute atomic E-state index is 0.0953. The van der Waals surface area contributed by atoms with E-state index in [9.17, 15) is 22.9 Å². The Morgan fingerprint density at radius 2 is 1.96 bits per heavy atom. The molecule has 0 aromatic heterocycles. The quantitative estimate of drug-likeness (QED) is 0.542. The highest BCUT2D eigenvalue weighted by molar-refractivity contribution is 7.89. The summed E-state index contributed by atoms with van der Waals surface area (Å²) in [5.41, 5.74) is -0.0130. The molecule has 0 amide bonds. The van der Waals surface area contributed by atoms with Crippen molar-refractivity contribution in [2.75, 3.05) is 27.7 Å². The van der Waals surface area contributed by atoms with Crippen molar-refractivity contribution in [3.8, 4) is 5.75 Å². The Balaban J connectivity index is 2.31. The molecule has 0 fully saturated rings. The van der Waals surface area contributed by atoms with Gasteiger partial charge in [0.2, 0.25) is 10.0 Å². The van der Waals surface area contributed by atoms with E-state index >= 15 is 0 Å². The van der Waals surface area contributed by atoms with Crippen LogP contribution in [0.3, 0.4) is 0 Å². The van der Waals surface area contributed by atoms with Crippen LogP contribution in [0.25, 0.3) is 0 Å². The third kappa shape index (κ3) is 5.00. The summed E-state index contributed by atoms with van der Waals surface area (Å²) >= 11 is 0. The van der Waals surface area contributed by atoms with Crippen molar-refractivity contribution in [3.63, 3.8) is 0 Å². The molecule has 27 heavy (non-hydrogen) atoms. The molecule has 10 heteroatoms.